The maximum atomic E-state index is 11.9. The van der Waals surface area contributed by atoms with Gasteiger partial charge in [0.25, 0.3) is 0 Å². The summed E-state index contributed by atoms with van der Waals surface area (Å²) in [5.41, 5.74) is 0.818. The molecule has 2 heterocycles. The van der Waals surface area contributed by atoms with E-state index in [-0.39, 0.29) is 11.2 Å². The van der Waals surface area contributed by atoms with Gasteiger partial charge in [-0.25, -0.2) is 0 Å². The summed E-state index contributed by atoms with van der Waals surface area (Å²) in [6.07, 6.45) is 7.76. The molecule has 22 heavy (non-hydrogen) atoms. The van der Waals surface area contributed by atoms with Crippen LogP contribution >= 0.6 is 0 Å². The second kappa shape index (κ2) is 6.45. The van der Waals surface area contributed by atoms with Crippen LogP contribution in [-0.4, -0.2) is 27.7 Å². The summed E-state index contributed by atoms with van der Waals surface area (Å²) in [7, 11) is 0. The number of hydrogen-bond acceptors (Lipinski definition) is 3. The molecule has 1 N–H and O–H groups in total. The first-order valence-electron chi connectivity index (χ1n) is 8.69. The number of rotatable bonds is 3. The largest absolute Gasteiger partial charge is 0.503 e. The minimum absolute atomic E-state index is 0.115. The number of pyridine rings is 1. The summed E-state index contributed by atoms with van der Waals surface area (Å²) < 4.78 is 2.17. The topological polar surface area (TPSA) is 45.5 Å². The second-order valence-electron chi connectivity index (χ2n) is 7.50. The van der Waals surface area contributed by atoms with E-state index in [1.807, 2.05) is 0 Å². The molecule has 2 unspecified atom stereocenters. The monoisotopic (exact) mass is 304 g/mol. The fraction of sp³-hybridized carbons (Fsp3) is 0.722. The van der Waals surface area contributed by atoms with E-state index < -0.39 is 0 Å². The molecule has 2 atom stereocenters. The van der Waals surface area contributed by atoms with Crippen LogP contribution in [0.4, 0.5) is 0 Å². The molecule has 0 amide bonds. The van der Waals surface area contributed by atoms with Crippen LogP contribution in [0, 0.1) is 11.8 Å². The lowest BCUT2D eigenvalue weighted by Crippen LogP contribution is -2.39. The minimum Gasteiger partial charge on any atom is -0.503 e. The first-order chi connectivity index (χ1) is 10.5. The van der Waals surface area contributed by atoms with E-state index in [1.54, 1.807) is 12.3 Å². The molecule has 122 valence electrons. The van der Waals surface area contributed by atoms with Gasteiger partial charge in [0, 0.05) is 37.4 Å². The molecule has 0 spiro atoms. The zero-order valence-corrected chi connectivity index (χ0v) is 13.8. The quantitative estimate of drug-likeness (QED) is 0.933. The van der Waals surface area contributed by atoms with Gasteiger partial charge in [0.1, 0.15) is 0 Å². The number of hydrogen-bond donors (Lipinski definition) is 1. The zero-order chi connectivity index (χ0) is 15.7. The average molecular weight is 304 g/mol. The lowest BCUT2D eigenvalue weighted by Gasteiger charge is -2.35. The molecule has 1 aromatic rings. The number of likely N-dealkylation sites (tertiary alicyclic amines) is 1. The van der Waals surface area contributed by atoms with E-state index in [4.69, 9.17) is 0 Å². The Morgan fingerprint density at radius 2 is 1.82 bits per heavy atom. The lowest BCUT2D eigenvalue weighted by molar-refractivity contribution is 0.130. The Bertz CT molecular complexity index is 565. The standard InChI is InChI=1S/C18H28N2O2/c1-13-7-14(2)10-19(9-13)11-16-8-17(21)18(22)12-20(16)15-5-3-4-6-15/h8,12-15,22H,3-7,9-11H2,1-2H3. The minimum atomic E-state index is -0.248. The van der Waals surface area contributed by atoms with Gasteiger partial charge in [-0.15, -0.1) is 0 Å². The lowest BCUT2D eigenvalue weighted by atomic mass is 9.92. The summed E-state index contributed by atoms with van der Waals surface area (Å²) in [4.78, 5) is 14.4. The number of piperidine rings is 1. The molecule has 1 aliphatic carbocycles. The highest BCUT2D eigenvalue weighted by molar-refractivity contribution is 5.21. The van der Waals surface area contributed by atoms with Crippen LogP contribution in [0.2, 0.25) is 0 Å². The molecule has 1 saturated carbocycles. The smallest absolute Gasteiger partial charge is 0.223 e. The molecule has 3 rings (SSSR count). The van der Waals surface area contributed by atoms with Gasteiger partial charge in [0.05, 0.1) is 6.20 Å². The highest BCUT2D eigenvalue weighted by Gasteiger charge is 2.24. The normalized spacial score (nSPS) is 27.4. The van der Waals surface area contributed by atoms with Gasteiger partial charge in [-0.05, 0) is 31.1 Å². The maximum absolute atomic E-state index is 11.9. The molecule has 2 fully saturated rings. The van der Waals surface area contributed by atoms with Crippen LogP contribution in [-0.2, 0) is 6.54 Å². The summed E-state index contributed by atoms with van der Waals surface area (Å²) in [6, 6.07) is 2.10. The summed E-state index contributed by atoms with van der Waals surface area (Å²) in [5, 5.41) is 9.83. The predicted octanol–water partition coefficient (Wildman–Crippen LogP) is 3.15. The third-order valence-electron chi connectivity index (χ3n) is 5.19. The van der Waals surface area contributed by atoms with E-state index in [0.717, 1.165) is 38.2 Å². The third-order valence-corrected chi connectivity index (χ3v) is 5.19. The van der Waals surface area contributed by atoms with Crippen molar-refractivity contribution in [2.75, 3.05) is 13.1 Å². The maximum Gasteiger partial charge on any atom is 0.223 e. The van der Waals surface area contributed by atoms with Gasteiger partial charge in [-0.1, -0.05) is 26.7 Å². The zero-order valence-electron chi connectivity index (χ0n) is 13.8. The van der Waals surface area contributed by atoms with E-state index in [9.17, 15) is 9.90 Å². The first-order valence-corrected chi connectivity index (χ1v) is 8.69. The van der Waals surface area contributed by atoms with E-state index in [2.05, 4.69) is 23.3 Å². The Balaban J connectivity index is 1.85. The fourth-order valence-electron chi connectivity index (χ4n) is 4.38. The van der Waals surface area contributed by atoms with Crippen LogP contribution in [0.5, 0.6) is 5.75 Å². The SMILES string of the molecule is CC1CC(C)CN(Cc2cc(=O)c(O)cn2C2CCCC2)C1. The number of aromatic nitrogens is 1. The van der Waals surface area contributed by atoms with Gasteiger partial charge in [-0.3, -0.25) is 9.69 Å². The molecule has 1 aromatic heterocycles. The Labute approximate surface area is 132 Å². The average Bonchev–Trinajstić information content (AvgIpc) is 2.95. The molecule has 0 bridgehead atoms. The summed E-state index contributed by atoms with van der Waals surface area (Å²) in [6.45, 7) is 7.64. The summed E-state index contributed by atoms with van der Waals surface area (Å²) in [5.74, 6) is 1.32. The Morgan fingerprint density at radius 3 is 2.45 bits per heavy atom. The highest BCUT2D eigenvalue weighted by atomic mass is 16.3. The van der Waals surface area contributed by atoms with Crippen molar-refractivity contribution < 1.29 is 5.11 Å². The molecule has 4 heteroatoms. The van der Waals surface area contributed by atoms with E-state index in [1.165, 1.54) is 19.3 Å². The molecule has 0 radical (unpaired) electrons. The molecular formula is C18H28N2O2. The van der Waals surface area contributed by atoms with Gasteiger partial charge in [0.2, 0.25) is 5.43 Å². The number of aromatic hydroxyl groups is 1. The second-order valence-corrected chi connectivity index (χ2v) is 7.50. The third kappa shape index (κ3) is 3.37. The fourth-order valence-corrected chi connectivity index (χ4v) is 4.38. The van der Waals surface area contributed by atoms with Crippen molar-refractivity contribution in [2.24, 2.45) is 11.8 Å². The highest BCUT2D eigenvalue weighted by Crippen LogP contribution is 2.31. The van der Waals surface area contributed by atoms with Crippen molar-refractivity contribution in [3.63, 3.8) is 0 Å². The predicted molar refractivity (Wildman–Crippen MR) is 88.1 cm³/mol. The van der Waals surface area contributed by atoms with Crippen molar-refractivity contribution >= 4 is 0 Å². The summed E-state index contributed by atoms with van der Waals surface area (Å²) >= 11 is 0. The first kappa shape index (κ1) is 15.6. The van der Waals surface area contributed by atoms with Gasteiger partial charge in [0.15, 0.2) is 5.75 Å². The van der Waals surface area contributed by atoms with Crippen LogP contribution in [0.3, 0.4) is 0 Å². The molecule has 2 aliphatic rings. The molecule has 4 nitrogen and oxygen atoms in total. The van der Waals surface area contributed by atoms with Gasteiger partial charge >= 0.3 is 0 Å². The van der Waals surface area contributed by atoms with Crippen molar-refractivity contribution in [2.45, 2.75) is 58.5 Å². The van der Waals surface area contributed by atoms with Crippen molar-refractivity contribution in [3.8, 4) is 5.75 Å². The van der Waals surface area contributed by atoms with Crippen molar-refractivity contribution in [1.29, 1.82) is 0 Å². The van der Waals surface area contributed by atoms with E-state index in [0.29, 0.717) is 17.9 Å². The molecule has 0 aromatic carbocycles. The van der Waals surface area contributed by atoms with Gasteiger partial charge < -0.3 is 9.67 Å². The van der Waals surface area contributed by atoms with Gasteiger partial charge in [-0.2, -0.15) is 0 Å². The van der Waals surface area contributed by atoms with E-state index >= 15 is 0 Å². The van der Waals surface area contributed by atoms with Crippen molar-refractivity contribution in [1.82, 2.24) is 9.47 Å². The molecule has 1 saturated heterocycles. The Morgan fingerprint density at radius 1 is 1.18 bits per heavy atom. The Kier molecular flexibility index (Phi) is 4.57. The van der Waals surface area contributed by atoms with Crippen molar-refractivity contribution in [3.05, 3.63) is 28.2 Å². The van der Waals surface area contributed by atoms with Crippen LogP contribution in [0.25, 0.3) is 0 Å². The molecular weight excluding hydrogens is 276 g/mol. The molecule has 1 aliphatic heterocycles. The van der Waals surface area contributed by atoms with Crippen LogP contribution < -0.4 is 5.43 Å². The van der Waals surface area contributed by atoms with Crippen LogP contribution in [0.1, 0.15) is 57.7 Å². The Hall–Kier alpha value is -1.29. The number of nitrogens with zero attached hydrogens (tertiary/aromatic N) is 2. The van der Waals surface area contributed by atoms with Crippen LogP contribution in [0.15, 0.2) is 17.1 Å².